The van der Waals surface area contributed by atoms with Gasteiger partial charge in [0.25, 0.3) is 0 Å². The second-order valence-electron chi connectivity index (χ2n) is 3.18. The van der Waals surface area contributed by atoms with E-state index in [9.17, 15) is 4.79 Å². The van der Waals surface area contributed by atoms with Gasteiger partial charge in [0.15, 0.2) is 5.78 Å². The van der Waals surface area contributed by atoms with E-state index in [2.05, 4.69) is 12.8 Å². The lowest BCUT2D eigenvalue weighted by Crippen LogP contribution is -2.30. The Bertz CT molecular complexity index is 213. The molecule has 0 aromatic heterocycles. The van der Waals surface area contributed by atoms with Crippen LogP contribution in [0, 0.1) is 0 Å². The van der Waals surface area contributed by atoms with E-state index in [4.69, 9.17) is 0 Å². The third-order valence-electron chi connectivity index (χ3n) is 1.72. The van der Waals surface area contributed by atoms with Crippen molar-refractivity contribution in [3.8, 4) is 0 Å². The first-order chi connectivity index (χ1) is 5.59. The molecule has 1 rings (SSSR count). The first-order valence-electron chi connectivity index (χ1n) is 3.93. The summed E-state index contributed by atoms with van der Waals surface area (Å²) in [6.45, 7) is 1.41. The van der Waals surface area contributed by atoms with Crippen LogP contribution < -0.4 is 0 Å². The monoisotopic (exact) mass is 186 g/mol. The molecule has 0 unspecified atom stereocenters. The number of nitrogens with zero attached hydrogens (tertiary/aromatic N) is 2. The molecule has 0 atom stereocenters. The first kappa shape index (κ1) is 9.61. The van der Waals surface area contributed by atoms with Gasteiger partial charge >= 0.3 is 0 Å². The standard InChI is InChI=1S/C8H14N2OS/c1-9(2)5-7-6-10(12)4-3-8(7)11/h5,12H,3-4,6H2,1-2H3/b7-5-. The summed E-state index contributed by atoms with van der Waals surface area (Å²) in [5, 5.41) is 0. The molecule has 0 spiro atoms. The van der Waals surface area contributed by atoms with Crippen LogP contribution in [0.2, 0.25) is 0 Å². The van der Waals surface area contributed by atoms with Crippen LogP contribution in [0.5, 0.6) is 0 Å². The van der Waals surface area contributed by atoms with Crippen molar-refractivity contribution in [2.75, 3.05) is 27.2 Å². The fourth-order valence-corrected chi connectivity index (χ4v) is 1.43. The zero-order valence-corrected chi connectivity index (χ0v) is 8.34. The van der Waals surface area contributed by atoms with Crippen molar-refractivity contribution >= 4 is 18.6 Å². The molecule has 0 amide bonds. The van der Waals surface area contributed by atoms with Crippen molar-refractivity contribution in [1.82, 2.24) is 9.21 Å². The zero-order valence-electron chi connectivity index (χ0n) is 7.45. The second kappa shape index (κ2) is 3.96. The van der Waals surface area contributed by atoms with Gasteiger partial charge < -0.3 is 4.90 Å². The maximum Gasteiger partial charge on any atom is 0.162 e. The Morgan fingerprint density at radius 1 is 1.58 bits per heavy atom. The van der Waals surface area contributed by atoms with Crippen LogP contribution in [0.4, 0.5) is 0 Å². The number of carbonyl (C=O) groups excluding carboxylic acids is 1. The Kier molecular flexibility index (Phi) is 3.17. The first-order valence-corrected chi connectivity index (χ1v) is 4.33. The largest absolute Gasteiger partial charge is 0.383 e. The number of piperidine rings is 1. The number of hydrogen-bond acceptors (Lipinski definition) is 4. The smallest absolute Gasteiger partial charge is 0.162 e. The van der Waals surface area contributed by atoms with Crippen LogP contribution in [0.25, 0.3) is 0 Å². The number of ketones is 1. The Morgan fingerprint density at radius 2 is 2.25 bits per heavy atom. The van der Waals surface area contributed by atoms with Gasteiger partial charge in [0.2, 0.25) is 0 Å². The molecule has 3 nitrogen and oxygen atoms in total. The minimum atomic E-state index is 0.244. The van der Waals surface area contributed by atoms with Gasteiger partial charge in [0, 0.05) is 45.4 Å². The van der Waals surface area contributed by atoms with E-state index in [1.807, 2.05) is 29.5 Å². The molecule has 4 heteroatoms. The van der Waals surface area contributed by atoms with Gasteiger partial charge in [-0.1, -0.05) is 12.8 Å². The maximum absolute atomic E-state index is 11.3. The van der Waals surface area contributed by atoms with Crippen molar-refractivity contribution in [3.05, 3.63) is 11.8 Å². The summed E-state index contributed by atoms with van der Waals surface area (Å²) in [4.78, 5) is 13.2. The SMILES string of the molecule is CN(C)/C=C1/CN(S)CCC1=O. The Labute approximate surface area is 78.6 Å². The van der Waals surface area contributed by atoms with E-state index in [1.54, 1.807) is 0 Å². The molecule has 0 N–H and O–H groups in total. The van der Waals surface area contributed by atoms with Gasteiger partial charge in [-0.15, -0.1) is 0 Å². The van der Waals surface area contributed by atoms with Crippen molar-refractivity contribution in [1.29, 1.82) is 0 Å². The molecule has 1 saturated heterocycles. The van der Waals surface area contributed by atoms with E-state index in [0.29, 0.717) is 13.0 Å². The van der Waals surface area contributed by atoms with E-state index < -0.39 is 0 Å². The molecule has 0 saturated carbocycles. The fraction of sp³-hybridized carbons (Fsp3) is 0.625. The highest BCUT2D eigenvalue weighted by molar-refractivity contribution is 7.77. The molecule has 0 radical (unpaired) electrons. The third-order valence-corrected chi connectivity index (χ3v) is 2.06. The number of thiol groups is 1. The van der Waals surface area contributed by atoms with Gasteiger partial charge in [-0.3, -0.25) is 4.79 Å². The summed E-state index contributed by atoms with van der Waals surface area (Å²) in [6, 6.07) is 0. The quantitative estimate of drug-likeness (QED) is 0.478. The predicted octanol–water partition coefficient (Wildman–Crippen LogP) is 0.551. The summed E-state index contributed by atoms with van der Waals surface area (Å²) in [5.41, 5.74) is 0.848. The normalized spacial score (nSPS) is 23.2. The average Bonchev–Trinajstić information content (AvgIpc) is 1.96. The topological polar surface area (TPSA) is 23.6 Å². The van der Waals surface area contributed by atoms with Crippen LogP contribution in [0.3, 0.4) is 0 Å². The van der Waals surface area contributed by atoms with Crippen LogP contribution in [-0.2, 0) is 4.79 Å². The van der Waals surface area contributed by atoms with Gasteiger partial charge in [-0.25, -0.2) is 4.31 Å². The molecule has 68 valence electrons. The highest BCUT2D eigenvalue weighted by Gasteiger charge is 2.18. The zero-order chi connectivity index (χ0) is 9.14. The molecular formula is C8H14N2OS. The molecule has 0 aromatic carbocycles. The Morgan fingerprint density at radius 3 is 2.83 bits per heavy atom. The molecule has 0 bridgehead atoms. The molecule has 1 aliphatic heterocycles. The summed E-state index contributed by atoms with van der Waals surface area (Å²) in [7, 11) is 3.83. The van der Waals surface area contributed by atoms with Crippen molar-refractivity contribution in [2.24, 2.45) is 0 Å². The lowest BCUT2D eigenvalue weighted by atomic mass is 10.1. The van der Waals surface area contributed by atoms with Crippen LogP contribution in [-0.4, -0.2) is 42.2 Å². The summed E-state index contributed by atoms with van der Waals surface area (Å²) in [6.07, 6.45) is 2.45. The van der Waals surface area contributed by atoms with Crippen LogP contribution in [0.15, 0.2) is 11.8 Å². The number of Topliss-reactive ketones (excluding diaryl/α,β-unsaturated/α-hetero) is 1. The second-order valence-corrected chi connectivity index (χ2v) is 3.74. The highest BCUT2D eigenvalue weighted by Crippen LogP contribution is 2.13. The number of carbonyl (C=O) groups is 1. The molecule has 12 heavy (non-hydrogen) atoms. The van der Waals surface area contributed by atoms with E-state index >= 15 is 0 Å². The minimum absolute atomic E-state index is 0.244. The van der Waals surface area contributed by atoms with Crippen LogP contribution >= 0.6 is 12.8 Å². The maximum atomic E-state index is 11.3. The van der Waals surface area contributed by atoms with Crippen molar-refractivity contribution < 1.29 is 4.79 Å². The average molecular weight is 186 g/mol. The number of hydrogen-bond donors (Lipinski definition) is 1. The lowest BCUT2D eigenvalue weighted by Gasteiger charge is -2.23. The minimum Gasteiger partial charge on any atom is -0.383 e. The third kappa shape index (κ3) is 2.53. The molecule has 0 aliphatic carbocycles. The molecule has 0 aromatic rings. The predicted molar refractivity (Wildman–Crippen MR) is 52.0 cm³/mol. The van der Waals surface area contributed by atoms with Gasteiger partial charge in [0.05, 0.1) is 0 Å². The van der Waals surface area contributed by atoms with Gasteiger partial charge in [-0.05, 0) is 0 Å². The molecular weight excluding hydrogens is 172 g/mol. The van der Waals surface area contributed by atoms with E-state index in [0.717, 1.165) is 12.1 Å². The molecule has 1 heterocycles. The van der Waals surface area contributed by atoms with E-state index in [1.165, 1.54) is 0 Å². The highest BCUT2D eigenvalue weighted by atomic mass is 32.1. The summed E-state index contributed by atoms with van der Waals surface area (Å²) >= 11 is 4.21. The summed E-state index contributed by atoms with van der Waals surface area (Å²) in [5.74, 6) is 0.244. The Hall–Kier alpha value is -0.480. The Balaban J connectivity index is 2.67. The van der Waals surface area contributed by atoms with Crippen LogP contribution in [0.1, 0.15) is 6.42 Å². The van der Waals surface area contributed by atoms with Crippen molar-refractivity contribution in [3.63, 3.8) is 0 Å². The van der Waals surface area contributed by atoms with Gasteiger partial charge in [0.1, 0.15) is 0 Å². The van der Waals surface area contributed by atoms with E-state index in [-0.39, 0.29) is 5.78 Å². The van der Waals surface area contributed by atoms with Gasteiger partial charge in [-0.2, -0.15) is 0 Å². The lowest BCUT2D eigenvalue weighted by molar-refractivity contribution is -0.116. The molecule has 1 aliphatic rings. The number of rotatable bonds is 1. The fourth-order valence-electron chi connectivity index (χ4n) is 1.18. The molecule has 1 fully saturated rings. The summed E-state index contributed by atoms with van der Waals surface area (Å²) < 4.78 is 1.86. The van der Waals surface area contributed by atoms with Crippen molar-refractivity contribution in [2.45, 2.75) is 6.42 Å².